The van der Waals surface area contributed by atoms with Crippen LogP contribution in [0, 0.1) is 0 Å². The number of aromatic hydroxyl groups is 1. The molecule has 1 aromatic rings. The summed E-state index contributed by atoms with van der Waals surface area (Å²) in [4.78, 5) is 22.5. The smallest absolute Gasteiger partial charge is 0.333 e. The Hall–Kier alpha value is -2.50. The highest BCUT2D eigenvalue weighted by Crippen LogP contribution is 2.21. The van der Waals surface area contributed by atoms with Crippen molar-refractivity contribution >= 4 is 17.6 Å². The van der Waals surface area contributed by atoms with Gasteiger partial charge < -0.3 is 20.3 Å². The number of nitrogen functional groups attached to an aromatic ring is 1. The summed E-state index contributed by atoms with van der Waals surface area (Å²) in [6, 6.07) is 4.78. The molecule has 0 heterocycles. The molecule has 0 aromatic heterocycles. The molecule has 0 aliphatic heterocycles. The quantitative estimate of drug-likeness (QED) is 0.260. The Balaban J connectivity index is 2.23. The molecule has 6 heteroatoms. The van der Waals surface area contributed by atoms with Crippen LogP contribution in [0.25, 0.3) is 0 Å². The third-order valence-electron chi connectivity index (χ3n) is 2.64. The molecule has 0 bridgehead atoms. The number of hydrogen-bond donors (Lipinski definition) is 2. The molecule has 0 fully saturated rings. The maximum Gasteiger partial charge on any atom is 0.333 e. The van der Waals surface area contributed by atoms with Crippen molar-refractivity contribution in [3.05, 3.63) is 35.9 Å². The lowest BCUT2D eigenvalue weighted by Crippen LogP contribution is -2.14. The second-order valence-electron chi connectivity index (χ2n) is 4.53. The number of benzene rings is 1. The molecule has 0 amide bonds. The van der Waals surface area contributed by atoms with Gasteiger partial charge in [-0.15, -0.1) is 0 Å². The first-order valence-electron chi connectivity index (χ1n) is 6.45. The summed E-state index contributed by atoms with van der Waals surface area (Å²) in [5.41, 5.74) is 6.95. The van der Waals surface area contributed by atoms with E-state index in [0.29, 0.717) is 12.0 Å². The lowest BCUT2D eigenvalue weighted by Gasteiger charge is -2.07. The summed E-state index contributed by atoms with van der Waals surface area (Å²) < 4.78 is 9.71. The standard InChI is InChI=1S/C15H19NO5/c1-10(2)15(19)21-8-7-20-14(18)6-4-11-3-5-13(17)12(16)9-11/h3,5,9,17H,1,4,6-8,16H2,2H3. The highest BCUT2D eigenvalue weighted by Gasteiger charge is 2.07. The number of ether oxygens (including phenoxy) is 2. The minimum atomic E-state index is -0.509. The number of carbonyl (C=O) groups is 2. The van der Waals surface area contributed by atoms with Crippen molar-refractivity contribution in [1.29, 1.82) is 0 Å². The molecular formula is C15H19NO5. The SMILES string of the molecule is C=C(C)C(=O)OCCOC(=O)CCc1ccc(O)c(N)c1. The molecule has 0 atom stereocenters. The molecule has 0 aliphatic carbocycles. The Kier molecular flexibility index (Phi) is 6.26. The number of esters is 2. The second-order valence-corrected chi connectivity index (χ2v) is 4.53. The van der Waals surface area contributed by atoms with Crippen LogP contribution in [0.4, 0.5) is 5.69 Å². The van der Waals surface area contributed by atoms with Crippen molar-refractivity contribution in [2.75, 3.05) is 18.9 Å². The van der Waals surface area contributed by atoms with Crippen LogP contribution >= 0.6 is 0 Å². The van der Waals surface area contributed by atoms with Crippen LogP contribution in [0.5, 0.6) is 5.75 Å². The van der Waals surface area contributed by atoms with Gasteiger partial charge in [-0.1, -0.05) is 12.6 Å². The van der Waals surface area contributed by atoms with E-state index in [1.54, 1.807) is 12.1 Å². The molecule has 0 saturated carbocycles. The van der Waals surface area contributed by atoms with Gasteiger partial charge in [0.05, 0.1) is 5.69 Å². The molecule has 21 heavy (non-hydrogen) atoms. The number of carbonyl (C=O) groups excluding carboxylic acids is 2. The van der Waals surface area contributed by atoms with Crippen LogP contribution in [-0.4, -0.2) is 30.3 Å². The molecule has 0 radical (unpaired) electrons. The number of anilines is 1. The van der Waals surface area contributed by atoms with Crippen molar-refractivity contribution in [3.8, 4) is 5.75 Å². The van der Waals surface area contributed by atoms with Crippen LogP contribution in [0.2, 0.25) is 0 Å². The topological polar surface area (TPSA) is 98.8 Å². The zero-order valence-corrected chi connectivity index (χ0v) is 11.9. The van der Waals surface area contributed by atoms with Crippen LogP contribution in [0.3, 0.4) is 0 Å². The third-order valence-corrected chi connectivity index (χ3v) is 2.64. The Bertz CT molecular complexity index is 539. The highest BCUT2D eigenvalue weighted by atomic mass is 16.6. The monoisotopic (exact) mass is 293 g/mol. The maximum atomic E-state index is 11.5. The van der Waals surface area contributed by atoms with E-state index in [0.717, 1.165) is 5.56 Å². The second kappa shape index (κ2) is 7.94. The van der Waals surface area contributed by atoms with E-state index in [1.165, 1.54) is 13.0 Å². The Labute approximate surface area is 123 Å². The lowest BCUT2D eigenvalue weighted by molar-refractivity contribution is -0.150. The van der Waals surface area contributed by atoms with Crippen molar-refractivity contribution in [2.24, 2.45) is 0 Å². The van der Waals surface area contributed by atoms with Crippen LogP contribution in [-0.2, 0) is 25.5 Å². The molecule has 0 spiro atoms. The van der Waals surface area contributed by atoms with E-state index in [2.05, 4.69) is 6.58 Å². The van der Waals surface area contributed by atoms with E-state index in [9.17, 15) is 14.7 Å². The van der Waals surface area contributed by atoms with Gasteiger partial charge in [-0.3, -0.25) is 4.79 Å². The molecule has 0 aliphatic rings. The molecular weight excluding hydrogens is 274 g/mol. The predicted octanol–water partition coefficient (Wildman–Crippen LogP) is 1.57. The van der Waals surface area contributed by atoms with Crippen molar-refractivity contribution < 1.29 is 24.2 Å². The molecule has 6 nitrogen and oxygen atoms in total. The predicted molar refractivity (Wildman–Crippen MR) is 77.6 cm³/mol. The van der Waals surface area contributed by atoms with Gasteiger partial charge in [-0.25, -0.2) is 4.79 Å². The van der Waals surface area contributed by atoms with Gasteiger partial charge >= 0.3 is 11.9 Å². The van der Waals surface area contributed by atoms with E-state index >= 15 is 0 Å². The fourth-order valence-electron chi connectivity index (χ4n) is 1.49. The largest absolute Gasteiger partial charge is 0.506 e. The fraction of sp³-hybridized carbons (Fsp3) is 0.333. The first kappa shape index (κ1) is 16.6. The molecule has 1 aromatic carbocycles. The van der Waals surface area contributed by atoms with Crippen LogP contribution in [0.1, 0.15) is 18.9 Å². The zero-order valence-electron chi connectivity index (χ0n) is 11.9. The minimum Gasteiger partial charge on any atom is -0.506 e. The number of rotatable bonds is 7. The maximum absolute atomic E-state index is 11.5. The van der Waals surface area contributed by atoms with Crippen molar-refractivity contribution in [1.82, 2.24) is 0 Å². The van der Waals surface area contributed by atoms with E-state index in [4.69, 9.17) is 15.2 Å². The van der Waals surface area contributed by atoms with Crippen LogP contribution < -0.4 is 5.73 Å². The summed E-state index contributed by atoms with van der Waals surface area (Å²) >= 11 is 0. The summed E-state index contributed by atoms with van der Waals surface area (Å²) in [6.07, 6.45) is 0.632. The third kappa shape index (κ3) is 5.99. The molecule has 0 saturated heterocycles. The van der Waals surface area contributed by atoms with Crippen molar-refractivity contribution in [3.63, 3.8) is 0 Å². The average molecular weight is 293 g/mol. The number of phenols is 1. The average Bonchev–Trinajstić information content (AvgIpc) is 2.44. The van der Waals surface area contributed by atoms with Gasteiger partial charge in [-0.2, -0.15) is 0 Å². The summed E-state index contributed by atoms with van der Waals surface area (Å²) in [5.74, 6) is -0.890. The lowest BCUT2D eigenvalue weighted by atomic mass is 10.1. The number of phenolic OH excluding ortho intramolecular Hbond substituents is 1. The summed E-state index contributed by atoms with van der Waals surface area (Å²) in [7, 11) is 0. The van der Waals surface area contributed by atoms with E-state index in [-0.39, 0.29) is 31.1 Å². The molecule has 114 valence electrons. The van der Waals surface area contributed by atoms with Gasteiger partial charge in [0.1, 0.15) is 19.0 Å². The van der Waals surface area contributed by atoms with Gasteiger partial charge in [0, 0.05) is 12.0 Å². The molecule has 1 rings (SSSR count). The van der Waals surface area contributed by atoms with E-state index < -0.39 is 11.9 Å². The Morgan fingerprint density at radius 3 is 2.57 bits per heavy atom. The molecule has 0 unspecified atom stereocenters. The number of aryl methyl sites for hydroxylation is 1. The van der Waals surface area contributed by atoms with Gasteiger partial charge in [0.2, 0.25) is 0 Å². The first-order chi connectivity index (χ1) is 9.90. The molecule has 3 N–H and O–H groups in total. The normalized spacial score (nSPS) is 9.95. The summed E-state index contributed by atoms with van der Waals surface area (Å²) in [5, 5.41) is 9.28. The zero-order chi connectivity index (χ0) is 15.8. The Morgan fingerprint density at radius 2 is 1.95 bits per heavy atom. The van der Waals surface area contributed by atoms with Crippen LogP contribution in [0.15, 0.2) is 30.4 Å². The highest BCUT2D eigenvalue weighted by molar-refractivity contribution is 5.86. The first-order valence-corrected chi connectivity index (χ1v) is 6.45. The number of hydrogen-bond acceptors (Lipinski definition) is 6. The number of nitrogens with two attached hydrogens (primary N) is 1. The Morgan fingerprint density at radius 1 is 1.29 bits per heavy atom. The van der Waals surface area contributed by atoms with E-state index in [1.807, 2.05) is 0 Å². The minimum absolute atomic E-state index is 0.00356. The van der Waals surface area contributed by atoms with Gasteiger partial charge in [0.25, 0.3) is 0 Å². The van der Waals surface area contributed by atoms with Gasteiger partial charge in [-0.05, 0) is 31.0 Å². The summed E-state index contributed by atoms with van der Waals surface area (Å²) in [6.45, 7) is 4.99. The fourth-order valence-corrected chi connectivity index (χ4v) is 1.49. The van der Waals surface area contributed by atoms with Crippen molar-refractivity contribution in [2.45, 2.75) is 19.8 Å². The van der Waals surface area contributed by atoms with Gasteiger partial charge in [0.15, 0.2) is 0 Å².